The van der Waals surface area contributed by atoms with Gasteiger partial charge in [0.05, 0.1) is 24.0 Å². The van der Waals surface area contributed by atoms with Gasteiger partial charge < -0.3 is 9.47 Å². The highest BCUT2D eigenvalue weighted by Crippen LogP contribution is 2.35. The number of nitrogens with zero attached hydrogens (tertiary/aromatic N) is 1. The smallest absolute Gasteiger partial charge is 0.319 e. The van der Waals surface area contributed by atoms with Gasteiger partial charge in [0, 0.05) is 0 Å². The van der Waals surface area contributed by atoms with Gasteiger partial charge in [0.1, 0.15) is 5.75 Å². The molecule has 124 valence electrons. The Kier molecular flexibility index (Phi) is 4.46. The molecular formula is C18H17NO5. The predicted octanol–water partition coefficient (Wildman–Crippen LogP) is 3.63. The first kappa shape index (κ1) is 16.0. The number of carbonyl (C=O) groups excluding carboxylic acids is 1. The number of nitro benzene ring substituents is 1. The quantitative estimate of drug-likeness (QED) is 0.371. The van der Waals surface area contributed by atoms with Crippen LogP contribution in [0.1, 0.15) is 29.9 Å². The van der Waals surface area contributed by atoms with Crippen molar-refractivity contribution in [2.24, 2.45) is 0 Å². The number of methoxy groups -OCH3 is 1. The van der Waals surface area contributed by atoms with Crippen molar-refractivity contribution in [2.45, 2.75) is 25.2 Å². The molecule has 1 unspecified atom stereocenters. The number of esters is 1. The van der Waals surface area contributed by atoms with E-state index in [0.29, 0.717) is 12.2 Å². The van der Waals surface area contributed by atoms with E-state index in [2.05, 4.69) is 0 Å². The van der Waals surface area contributed by atoms with Gasteiger partial charge in [0.15, 0.2) is 0 Å². The van der Waals surface area contributed by atoms with Gasteiger partial charge in [-0.05, 0) is 42.5 Å². The second-order valence-corrected chi connectivity index (χ2v) is 5.66. The first-order chi connectivity index (χ1) is 11.6. The molecule has 6 heteroatoms. The maximum Gasteiger partial charge on any atom is 0.319 e. The summed E-state index contributed by atoms with van der Waals surface area (Å²) in [6.07, 6.45) is 2.50. The number of rotatable bonds is 4. The largest absolute Gasteiger partial charge is 0.496 e. The van der Waals surface area contributed by atoms with E-state index in [-0.39, 0.29) is 11.4 Å². The van der Waals surface area contributed by atoms with E-state index >= 15 is 0 Å². The lowest BCUT2D eigenvalue weighted by Gasteiger charge is -2.23. The van der Waals surface area contributed by atoms with Crippen molar-refractivity contribution in [1.82, 2.24) is 0 Å². The molecule has 0 fully saturated rings. The van der Waals surface area contributed by atoms with Gasteiger partial charge in [-0.25, -0.2) is 0 Å². The molecule has 1 atom stereocenters. The molecule has 0 saturated carbocycles. The van der Waals surface area contributed by atoms with Gasteiger partial charge >= 0.3 is 11.7 Å². The molecular weight excluding hydrogens is 310 g/mol. The number of hydrogen-bond donors (Lipinski definition) is 0. The van der Waals surface area contributed by atoms with E-state index in [9.17, 15) is 14.9 Å². The molecule has 1 aliphatic carbocycles. The zero-order valence-electron chi connectivity index (χ0n) is 13.2. The van der Waals surface area contributed by atoms with Crippen LogP contribution in [0, 0.1) is 10.1 Å². The van der Waals surface area contributed by atoms with Crippen LogP contribution in [0.25, 0.3) is 0 Å². The average molecular weight is 327 g/mol. The summed E-state index contributed by atoms with van der Waals surface area (Å²) in [5.41, 5.74) is 1.80. The normalized spacial score (nSPS) is 16.1. The van der Waals surface area contributed by atoms with Gasteiger partial charge in [0.25, 0.3) is 0 Å². The third-order valence-corrected chi connectivity index (χ3v) is 4.23. The summed E-state index contributed by atoms with van der Waals surface area (Å²) in [4.78, 5) is 23.2. The van der Waals surface area contributed by atoms with Crippen molar-refractivity contribution in [3.63, 3.8) is 0 Å². The second-order valence-electron chi connectivity index (χ2n) is 5.66. The Balaban J connectivity index is 1.87. The zero-order valence-corrected chi connectivity index (χ0v) is 13.2. The lowest BCUT2D eigenvalue weighted by molar-refractivity contribution is -0.385. The van der Waals surface area contributed by atoms with Crippen LogP contribution in [-0.4, -0.2) is 18.0 Å². The van der Waals surface area contributed by atoms with Gasteiger partial charge in [-0.3, -0.25) is 14.9 Å². The van der Waals surface area contributed by atoms with Crippen LogP contribution in [0.3, 0.4) is 0 Å². The molecule has 0 heterocycles. The second kappa shape index (κ2) is 6.70. The van der Waals surface area contributed by atoms with Crippen molar-refractivity contribution in [3.05, 3.63) is 63.7 Å². The fourth-order valence-corrected chi connectivity index (χ4v) is 3.03. The third-order valence-electron chi connectivity index (χ3n) is 4.23. The van der Waals surface area contributed by atoms with E-state index in [4.69, 9.17) is 9.47 Å². The molecule has 0 spiro atoms. The summed E-state index contributed by atoms with van der Waals surface area (Å²) in [7, 11) is 1.42. The number of ether oxygens (including phenoxy) is 2. The zero-order chi connectivity index (χ0) is 17.1. The van der Waals surface area contributed by atoms with Gasteiger partial charge in [-0.15, -0.1) is 0 Å². The molecule has 0 saturated heterocycles. The summed E-state index contributed by atoms with van der Waals surface area (Å²) < 4.78 is 10.3. The van der Waals surface area contributed by atoms with Crippen LogP contribution in [0.4, 0.5) is 5.69 Å². The van der Waals surface area contributed by atoms with Gasteiger partial charge in [-0.1, -0.05) is 24.3 Å². The van der Waals surface area contributed by atoms with Crippen LogP contribution in [-0.2, 0) is 11.2 Å². The fraction of sp³-hybridized carbons (Fsp3) is 0.278. The topological polar surface area (TPSA) is 78.7 Å². The number of hydrogen-bond acceptors (Lipinski definition) is 5. The highest BCUT2D eigenvalue weighted by Gasteiger charge is 2.29. The molecule has 2 aromatic rings. The Hall–Kier alpha value is -2.89. The summed E-state index contributed by atoms with van der Waals surface area (Å²) >= 11 is 0. The molecule has 0 amide bonds. The maximum atomic E-state index is 12.6. The van der Waals surface area contributed by atoms with Gasteiger partial charge in [-0.2, -0.15) is 0 Å². The molecule has 2 aromatic carbocycles. The number of fused-ring (bicyclic) bond motifs is 1. The average Bonchev–Trinajstić information content (AvgIpc) is 2.61. The summed E-state index contributed by atoms with van der Waals surface area (Å²) in [6.45, 7) is 0. The van der Waals surface area contributed by atoms with Crippen molar-refractivity contribution in [3.8, 4) is 11.5 Å². The number of aryl methyl sites for hydroxylation is 1. The Morgan fingerprint density at radius 1 is 1.25 bits per heavy atom. The van der Waals surface area contributed by atoms with E-state index < -0.39 is 16.8 Å². The molecule has 1 aliphatic rings. The van der Waals surface area contributed by atoms with Crippen LogP contribution >= 0.6 is 0 Å². The molecule has 0 N–H and O–H groups in total. The summed E-state index contributed by atoms with van der Waals surface area (Å²) in [5, 5.41) is 11.2. The van der Waals surface area contributed by atoms with Crippen molar-refractivity contribution < 1.29 is 19.2 Å². The molecule has 0 bridgehead atoms. The molecule has 24 heavy (non-hydrogen) atoms. The van der Waals surface area contributed by atoms with E-state index in [1.54, 1.807) is 0 Å². The molecule has 0 radical (unpaired) electrons. The molecule has 6 nitrogen and oxygen atoms in total. The minimum atomic E-state index is -0.583. The van der Waals surface area contributed by atoms with Crippen LogP contribution in [0.15, 0.2) is 42.5 Å². The molecule has 0 aromatic heterocycles. The Bertz CT molecular complexity index is 787. The number of nitro groups is 1. The van der Waals surface area contributed by atoms with Crippen LogP contribution in [0.2, 0.25) is 0 Å². The van der Waals surface area contributed by atoms with Crippen molar-refractivity contribution in [2.75, 3.05) is 7.11 Å². The van der Waals surface area contributed by atoms with E-state index in [0.717, 1.165) is 24.0 Å². The first-order valence-electron chi connectivity index (χ1n) is 7.72. The molecule has 3 rings (SSSR count). The summed E-state index contributed by atoms with van der Waals surface area (Å²) in [6, 6.07) is 11.9. The van der Waals surface area contributed by atoms with E-state index in [1.165, 1.54) is 25.3 Å². The monoisotopic (exact) mass is 327 g/mol. The lowest BCUT2D eigenvalue weighted by atomic mass is 9.83. The maximum absolute atomic E-state index is 12.6. The predicted molar refractivity (Wildman–Crippen MR) is 87.4 cm³/mol. The Morgan fingerprint density at radius 3 is 2.79 bits per heavy atom. The standard InChI is InChI=1S/C18H17NO5/c1-23-13-9-10-17(16(11-13)19(21)22)24-18(20)15-8-4-6-12-5-2-3-7-14(12)15/h2-3,5,7,9-11,15H,4,6,8H2,1H3. The highest BCUT2D eigenvalue weighted by atomic mass is 16.6. The number of carbonyl (C=O) groups is 1. The lowest BCUT2D eigenvalue weighted by Crippen LogP contribution is -2.23. The first-order valence-corrected chi connectivity index (χ1v) is 7.72. The van der Waals surface area contributed by atoms with E-state index in [1.807, 2.05) is 24.3 Å². The highest BCUT2D eigenvalue weighted by molar-refractivity contribution is 5.82. The fourth-order valence-electron chi connectivity index (χ4n) is 3.03. The number of benzene rings is 2. The minimum absolute atomic E-state index is 0.0612. The van der Waals surface area contributed by atoms with Crippen molar-refractivity contribution >= 4 is 11.7 Å². The SMILES string of the molecule is COc1ccc(OC(=O)C2CCCc3ccccc32)c([N+](=O)[O-])c1. The van der Waals surface area contributed by atoms with Crippen LogP contribution in [0.5, 0.6) is 11.5 Å². The third kappa shape index (κ3) is 3.08. The minimum Gasteiger partial charge on any atom is -0.496 e. The van der Waals surface area contributed by atoms with Crippen LogP contribution < -0.4 is 9.47 Å². The Morgan fingerprint density at radius 2 is 2.04 bits per heavy atom. The summed E-state index contributed by atoms with van der Waals surface area (Å²) in [5.74, 6) is -0.578. The van der Waals surface area contributed by atoms with Crippen molar-refractivity contribution in [1.29, 1.82) is 0 Å². The van der Waals surface area contributed by atoms with Gasteiger partial charge in [0.2, 0.25) is 5.75 Å². The Labute approximate surface area is 139 Å². The molecule has 0 aliphatic heterocycles.